The van der Waals surface area contributed by atoms with Gasteiger partial charge in [0.25, 0.3) is 5.91 Å². The first-order valence-electron chi connectivity index (χ1n) is 9.22. The molecule has 0 radical (unpaired) electrons. The second kappa shape index (κ2) is 8.96. The molecule has 1 aliphatic rings. The van der Waals surface area contributed by atoms with Crippen molar-refractivity contribution in [2.75, 3.05) is 30.4 Å². The molecule has 0 saturated heterocycles. The Kier molecular flexibility index (Phi) is 6.39. The van der Waals surface area contributed by atoms with E-state index in [2.05, 4.69) is 5.32 Å². The summed E-state index contributed by atoms with van der Waals surface area (Å²) in [4.78, 5) is 40.1. The number of ether oxygens (including phenoxy) is 1. The Morgan fingerprint density at radius 2 is 1.86 bits per heavy atom. The second-order valence-corrected chi connectivity index (χ2v) is 7.15. The molecule has 1 unspecified atom stereocenters. The summed E-state index contributed by atoms with van der Waals surface area (Å²) >= 11 is 6.03. The Morgan fingerprint density at radius 3 is 2.62 bits per heavy atom. The highest BCUT2D eigenvalue weighted by Crippen LogP contribution is 2.33. The van der Waals surface area contributed by atoms with Crippen molar-refractivity contribution in [2.24, 2.45) is 0 Å². The minimum atomic E-state index is -0.612. The van der Waals surface area contributed by atoms with Crippen LogP contribution in [0.1, 0.15) is 13.3 Å². The lowest BCUT2D eigenvalue weighted by Gasteiger charge is -2.33. The van der Waals surface area contributed by atoms with Crippen LogP contribution in [0.5, 0.6) is 5.75 Å². The first-order valence-corrected chi connectivity index (χ1v) is 9.60. The normalized spacial score (nSPS) is 15.3. The van der Waals surface area contributed by atoms with E-state index < -0.39 is 6.10 Å². The van der Waals surface area contributed by atoms with E-state index in [1.165, 1.54) is 4.90 Å². The Hall–Kier alpha value is -3.06. The van der Waals surface area contributed by atoms with E-state index in [1.807, 2.05) is 12.1 Å². The Bertz CT molecular complexity index is 934. The number of nitrogens with one attached hydrogen (secondary N) is 1. The van der Waals surface area contributed by atoms with Crippen LogP contribution in [0.2, 0.25) is 5.02 Å². The van der Waals surface area contributed by atoms with Crippen LogP contribution in [-0.4, -0.2) is 48.9 Å². The third kappa shape index (κ3) is 4.86. The largest absolute Gasteiger partial charge is 0.479 e. The predicted molar refractivity (Wildman–Crippen MR) is 111 cm³/mol. The lowest BCUT2D eigenvalue weighted by atomic mass is 10.1. The number of anilines is 2. The monoisotopic (exact) mass is 415 g/mol. The molecule has 2 aromatic carbocycles. The average molecular weight is 416 g/mol. The lowest BCUT2D eigenvalue weighted by Crippen LogP contribution is -2.46. The topological polar surface area (TPSA) is 79.0 Å². The molecular weight excluding hydrogens is 394 g/mol. The number of carbonyl (C=O) groups excluding carboxylic acids is 3. The summed E-state index contributed by atoms with van der Waals surface area (Å²) < 4.78 is 5.60. The standard InChI is InChI=1S/C21H22ClN3O4/c1-14-21(28)25(17-9-5-6-10-18(17)29-14)12-11-20(27)24(2)13-19(26)23-16-8-4-3-7-15(16)22/h3-10,14H,11-13H2,1-2H3,(H,23,26). The quantitative estimate of drug-likeness (QED) is 0.786. The molecule has 1 heterocycles. The van der Waals surface area contributed by atoms with Crippen LogP contribution in [-0.2, 0) is 14.4 Å². The summed E-state index contributed by atoms with van der Waals surface area (Å²) in [5, 5.41) is 3.11. The molecule has 1 aliphatic heterocycles. The molecule has 8 heteroatoms. The van der Waals surface area contributed by atoms with Crippen molar-refractivity contribution in [1.82, 2.24) is 4.90 Å². The minimum Gasteiger partial charge on any atom is -0.479 e. The summed E-state index contributed by atoms with van der Waals surface area (Å²) in [6.45, 7) is 1.77. The van der Waals surface area contributed by atoms with Crippen LogP contribution in [0, 0.1) is 0 Å². The molecule has 0 fully saturated rings. The number of likely N-dealkylation sites (N-methyl/N-ethyl adjacent to an activating group) is 1. The fourth-order valence-corrected chi connectivity index (χ4v) is 3.23. The third-order valence-electron chi connectivity index (χ3n) is 4.58. The predicted octanol–water partition coefficient (Wildman–Crippen LogP) is 2.94. The molecule has 0 spiro atoms. The van der Waals surface area contributed by atoms with Gasteiger partial charge in [0.2, 0.25) is 11.8 Å². The number of nitrogens with zero attached hydrogens (tertiary/aromatic N) is 2. The number of benzene rings is 2. The zero-order chi connectivity index (χ0) is 21.0. The molecule has 0 saturated carbocycles. The number of hydrogen-bond acceptors (Lipinski definition) is 4. The molecule has 1 N–H and O–H groups in total. The molecule has 3 rings (SSSR count). The molecule has 7 nitrogen and oxygen atoms in total. The van der Waals surface area contributed by atoms with Crippen LogP contribution in [0.4, 0.5) is 11.4 Å². The molecule has 1 atom stereocenters. The number of fused-ring (bicyclic) bond motifs is 1. The second-order valence-electron chi connectivity index (χ2n) is 6.75. The van der Waals surface area contributed by atoms with Crippen molar-refractivity contribution >= 4 is 40.7 Å². The van der Waals surface area contributed by atoms with Gasteiger partial charge in [0.05, 0.1) is 22.9 Å². The first-order chi connectivity index (χ1) is 13.9. The van der Waals surface area contributed by atoms with Gasteiger partial charge in [0.15, 0.2) is 6.10 Å². The molecule has 0 aromatic heterocycles. The Balaban J connectivity index is 1.57. The van der Waals surface area contributed by atoms with Gasteiger partial charge < -0.3 is 19.9 Å². The van der Waals surface area contributed by atoms with Crippen molar-refractivity contribution in [3.63, 3.8) is 0 Å². The van der Waals surface area contributed by atoms with Gasteiger partial charge in [-0.25, -0.2) is 0 Å². The molecule has 152 valence electrons. The van der Waals surface area contributed by atoms with E-state index in [0.717, 1.165) is 0 Å². The van der Waals surface area contributed by atoms with Crippen LogP contribution >= 0.6 is 11.6 Å². The van der Waals surface area contributed by atoms with E-state index in [9.17, 15) is 14.4 Å². The van der Waals surface area contributed by atoms with E-state index in [0.29, 0.717) is 22.1 Å². The molecule has 0 bridgehead atoms. The molecule has 2 aromatic rings. The van der Waals surface area contributed by atoms with Crippen molar-refractivity contribution in [2.45, 2.75) is 19.4 Å². The van der Waals surface area contributed by atoms with E-state index >= 15 is 0 Å². The van der Waals surface area contributed by atoms with Crippen molar-refractivity contribution in [3.8, 4) is 5.75 Å². The maximum atomic E-state index is 12.5. The fourth-order valence-electron chi connectivity index (χ4n) is 3.04. The zero-order valence-corrected chi connectivity index (χ0v) is 17.0. The number of rotatable bonds is 6. The van der Waals surface area contributed by atoms with Crippen LogP contribution in [0.3, 0.4) is 0 Å². The van der Waals surface area contributed by atoms with Gasteiger partial charge in [-0.1, -0.05) is 35.9 Å². The maximum Gasteiger partial charge on any atom is 0.267 e. The van der Waals surface area contributed by atoms with Gasteiger partial charge in [-0.3, -0.25) is 14.4 Å². The van der Waals surface area contributed by atoms with E-state index in [4.69, 9.17) is 16.3 Å². The SMILES string of the molecule is CC1Oc2ccccc2N(CCC(=O)N(C)CC(=O)Nc2ccccc2Cl)C1=O. The summed E-state index contributed by atoms with van der Waals surface area (Å²) in [6, 6.07) is 14.1. The van der Waals surface area contributed by atoms with Crippen molar-refractivity contribution in [3.05, 3.63) is 53.6 Å². The van der Waals surface area contributed by atoms with Gasteiger partial charge in [-0.2, -0.15) is 0 Å². The van der Waals surface area contributed by atoms with Gasteiger partial charge >= 0.3 is 0 Å². The highest BCUT2D eigenvalue weighted by atomic mass is 35.5. The number of hydrogen-bond donors (Lipinski definition) is 1. The zero-order valence-electron chi connectivity index (χ0n) is 16.2. The average Bonchev–Trinajstić information content (AvgIpc) is 2.69. The van der Waals surface area contributed by atoms with Gasteiger partial charge in [0.1, 0.15) is 5.75 Å². The first kappa shape index (κ1) is 20.7. The number of carbonyl (C=O) groups is 3. The molecular formula is C21H22ClN3O4. The number of amides is 3. The molecule has 3 amide bonds. The number of halogens is 1. The van der Waals surface area contributed by atoms with Crippen LogP contribution in [0.25, 0.3) is 0 Å². The Morgan fingerprint density at radius 1 is 1.17 bits per heavy atom. The smallest absolute Gasteiger partial charge is 0.267 e. The number of para-hydroxylation sites is 3. The van der Waals surface area contributed by atoms with Gasteiger partial charge in [-0.05, 0) is 31.2 Å². The van der Waals surface area contributed by atoms with Gasteiger partial charge in [0, 0.05) is 20.0 Å². The van der Waals surface area contributed by atoms with E-state index in [1.54, 1.807) is 55.3 Å². The van der Waals surface area contributed by atoms with Crippen LogP contribution in [0.15, 0.2) is 48.5 Å². The summed E-state index contributed by atoms with van der Waals surface area (Å²) in [7, 11) is 1.55. The third-order valence-corrected chi connectivity index (χ3v) is 4.91. The highest BCUT2D eigenvalue weighted by molar-refractivity contribution is 6.33. The van der Waals surface area contributed by atoms with Crippen molar-refractivity contribution < 1.29 is 19.1 Å². The maximum absolute atomic E-state index is 12.5. The highest BCUT2D eigenvalue weighted by Gasteiger charge is 2.31. The van der Waals surface area contributed by atoms with E-state index in [-0.39, 0.29) is 37.2 Å². The van der Waals surface area contributed by atoms with Crippen LogP contribution < -0.4 is 15.0 Å². The summed E-state index contributed by atoms with van der Waals surface area (Å²) in [5.74, 6) is -0.186. The molecule has 29 heavy (non-hydrogen) atoms. The van der Waals surface area contributed by atoms with Crippen molar-refractivity contribution in [1.29, 1.82) is 0 Å². The minimum absolute atomic E-state index is 0.0860. The lowest BCUT2D eigenvalue weighted by molar-refractivity contribution is -0.133. The van der Waals surface area contributed by atoms with Gasteiger partial charge in [-0.15, -0.1) is 0 Å². The fraction of sp³-hybridized carbons (Fsp3) is 0.286. The summed E-state index contributed by atoms with van der Waals surface area (Å²) in [6.07, 6.45) is -0.526. The molecule has 0 aliphatic carbocycles. The Labute approximate surface area is 174 Å². The summed E-state index contributed by atoms with van der Waals surface area (Å²) in [5.41, 5.74) is 1.13.